The van der Waals surface area contributed by atoms with Crippen molar-refractivity contribution in [2.45, 2.75) is 6.92 Å². The number of aryl methyl sites for hydroxylation is 1. The van der Waals surface area contributed by atoms with Gasteiger partial charge in [0.15, 0.2) is 0 Å². The molecule has 0 radical (unpaired) electrons. The number of H-pyrrole nitrogens is 1. The highest BCUT2D eigenvalue weighted by Crippen LogP contribution is 2.35. The van der Waals surface area contributed by atoms with Crippen molar-refractivity contribution in [1.82, 2.24) is 15.2 Å². The van der Waals surface area contributed by atoms with Crippen LogP contribution in [0.5, 0.6) is 0 Å². The maximum Gasteiger partial charge on any atom is 0.132 e. The first kappa shape index (κ1) is 9.35. The highest BCUT2D eigenvalue weighted by molar-refractivity contribution is 7.18. The van der Waals surface area contributed by atoms with E-state index in [4.69, 9.17) is 5.73 Å². The van der Waals surface area contributed by atoms with E-state index in [2.05, 4.69) is 20.6 Å². The number of thiophene rings is 1. The molecule has 0 atom stereocenters. The van der Waals surface area contributed by atoms with E-state index in [0.29, 0.717) is 5.82 Å². The fourth-order valence-corrected chi connectivity index (χ4v) is 2.90. The average Bonchev–Trinajstić information content (AvgIpc) is 2.89. The molecular formula is C11H10N4S. The SMILES string of the molecule is Cc1csc2c(-c3ccn[nH]3)cnc(N)c12. The zero-order valence-corrected chi connectivity index (χ0v) is 9.51. The fraction of sp³-hybridized carbons (Fsp3) is 0.0909. The second kappa shape index (κ2) is 3.31. The monoisotopic (exact) mass is 230 g/mol. The Morgan fingerprint density at radius 3 is 3.06 bits per heavy atom. The summed E-state index contributed by atoms with van der Waals surface area (Å²) in [4.78, 5) is 4.23. The van der Waals surface area contributed by atoms with Gasteiger partial charge in [0, 0.05) is 28.0 Å². The minimum atomic E-state index is 0.594. The third kappa shape index (κ3) is 1.22. The van der Waals surface area contributed by atoms with Crippen LogP contribution in [0.2, 0.25) is 0 Å². The highest BCUT2D eigenvalue weighted by Gasteiger charge is 2.11. The van der Waals surface area contributed by atoms with Crippen LogP contribution in [0.3, 0.4) is 0 Å². The lowest BCUT2D eigenvalue weighted by Crippen LogP contribution is -1.92. The molecule has 0 saturated carbocycles. The number of pyridine rings is 1. The molecule has 80 valence electrons. The molecule has 4 nitrogen and oxygen atoms in total. The van der Waals surface area contributed by atoms with Crippen molar-refractivity contribution < 1.29 is 0 Å². The molecule has 0 aromatic carbocycles. The number of aromatic amines is 1. The molecule has 3 heterocycles. The number of rotatable bonds is 1. The first-order valence-corrected chi connectivity index (χ1v) is 5.77. The van der Waals surface area contributed by atoms with Gasteiger partial charge in [0.1, 0.15) is 5.82 Å². The summed E-state index contributed by atoms with van der Waals surface area (Å²) in [6.07, 6.45) is 3.53. The summed E-state index contributed by atoms with van der Waals surface area (Å²) in [6.45, 7) is 2.05. The summed E-state index contributed by atoms with van der Waals surface area (Å²) in [6, 6.07) is 1.93. The summed E-state index contributed by atoms with van der Waals surface area (Å²) >= 11 is 1.69. The van der Waals surface area contributed by atoms with Crippen LogP contribution in [-0.4, -0.2) is 15.2 Å². The van der Waals surface area contributed by atoms with Crippen LogP contribution in [0.15, 0.2) is 23.8 Å². The summed E-state index contributed by atoms with van der Waals surface area (Å²) in [7, 11) is 0. The van der Waals surface area contributed by atoms with E-state index in [1.165, 1.54) is 5.56 Å². The third-order valence-corrected chi connectivity index (χ3v) is 3.73. The third-order valence-electron chi connectivity index (χ3n) is 2.60. The van der Waals surface area contributed by atoms with Gasteiger partial charge in [0.2, 0.25) is 0 Å². The molecule has 0 aliphatic rings. The molecule has 0 amide bonds. The fourth-order valence-electron chi connectivity index (χ4n) is 1.82. The molecule has 0 unspecified atom stereocenters. The Morgan fingerprint density at radius 2 is 2.31 bits per heavy atom. The van der Waals surface area contributed by atoms with Crippen molar-refractivity contribution in [3.63, 3.8) is 0 Å². The number of aromatic nitrogens is 3. The highest BCUT2D eigenvalue weighted by atomic mass is 32.1. The first-order chi connectivity index (χ1) is 7.77. The largest absolute Gasteiger partial charge is 0.383 e. The Morgan fingerprint density at radius 1 is 1.44 bits per heavy atom. The zero-order chi connectivity index (χ0) is 11.1. The van der Waals surface area contributed by atoms with Gasteiger partial charge in [-0.05, 0) is 23.9 Å². The molecule has 0 bridgehead atoms. The number of nitrogen functional groups attached to an aromatic ring is 1. The lowest BCUT2D eigenvalue weighted by molar-refractivity contribution is 1.10. The Balaban J connectivity index is 2.39. The van der Waals surface area contributed by atoms with E-state index in [1.807, 2.05) is 13.0 Å². The number of hydrogen-bond donors (Lipinski definition) is 2. The van der Waals surface area contributed by atoms with Gasteiger partial charge in [-0.2, -0.15) is 5.10 Å². The summed E-state index contributed by atoms with van der Waals surface area (Å²) in [5.74, 6) is 0.594. The molecule has 0 aliphatic carbocycles. The molecule has 5 heteroatoms. The minimum Gasteiger partial charge on any atom is -0.383 e. The standard InChI is InChI=1S/C11H10N4S/c1-6-5-16-10-7(8-2-3-14-15-8)4-13-11(12)9(6)10/h2-5H,1H3,(H2,12,13)(H,14,15). The van der Waals surface area contributed by atoms with Crippen LogP contribution in [0.4, 0.5) is 5.82 Å². The van der Waals surface area contributed by atoms with Crippen LogP contribution in [0.1, 0.15) is 5.56 Å². The van der Waals surface area contributed by atoms with Gasteiger partial charge in [-0.1, -0.05) is 0 Å². The molecular weight excluding hydrogens is 220 g/mol. The average molecular weight is 230 g/mol. The van der Waals surface area contributed by atoms with Gasteiger partial charge < -0.3 is 5.73 Å². The quantitative estimate of drug-likeness (QED) is 0.675. The molecule has 0 saturated heterocycles. The van der Waals surface area contributed by atoms with Crippen molar-refractivity contribution in [2.24, 2.45) is 0 Å². The van der Waals surface area contributed by atoms with E-state index in [9.17, 15) is 0 Å². The van der Waals surface area contributed by atoms with Crippen molar-refractivity contribution in [1.29, 1.82) is 0 Å². The Kier molecular flexibility index (Phi) is 1.94. The Bertz CT molecular complexity index is 639. The number of fused-ring (bicyclic) bond motifs is 1. The summed E-state index contributed by atoms with van der Waals surface area (Å²) in [5, 5.41) is 10.1. The molecule has 3 N–H and O–H groups in total. The van der Waals surface area contributed by atoms with E-state index in [1.54, 1.807) is 23.7 Å². The van der Waals surface area contributed by atoms with Gasteiger partial charge in [0.25, 0.3) is 0 Å². The molecule has 3 aromatic rings. The topological polar surface area (TPSA) is 67.6 Å². The van der Waals surface area contributed by atoms with Crippen molar-refractivity contribution in [3.05, 3.63) is 29.4 Å². The maximum absolute atomic E-state index is 5.89. The second-order valence-corrected chi connectivity index (χ2v) is 4.53. The molecule has 16 heavy (non-hydrogen) atoms. The molecule has 3 rings (SSSR count). The number of hydrogen-bond acceptors (Lipinski definition) is 4. The second-order valence-electron chi connectivity index (χ2n) is 3.65. The van der Waals surface area contributed by atoms with Gasteiger partial charge in [-0.15, -0.1) is 11.3 Å². The van der Waals surface area contributed by atoms with Crippen LogP contribution in [-0.2, 0) is 0 Å². The summed E-state index contributed by atoms with van der Waals surface area (Å²) in [5.41, 5.74) is 9.09. The predicted octanol–water partition coefficient (Wildman–Crippen LogP) is 2.58. The van der Waals surface area contributed by atoms with Crippen molar-refractivity contribution in [3.8, 4) is 11.3 Å². The van der Waals surface area contributed by atoms with Gasteiger partial charge >= 0.3 is 0 Å². The number of nitrogens with zero attached hydrogens (tertiary/aromatic N) is 2. The molecule has 0 fully saturated rings. The lowest BCUT2D eigenvalue weighted by atomic mass is 10.1. The van der Waals surface area contributed by atoms with Crippen LogP contribution in [0, 0.1) is 6.92 Å². The van der Waals surface area contributed by atoms with Crippen LogP contribution in [0.25, 0.3) is 21.3 Å². The number of nitrogens with two attached hydrogens (primary N) is 1. The smallest absolute Gasteiger partial charge is 0.132 e. The molecule has 3 aromatic heterocycles. The van der Waals surface area contributed by atoms with Gasteiger partial charge in [-0.25, -0.2) is 4.98 Å². The van der Waals surface area contributed by atoms with Crippen LogP contribution >= 0.6 is 11.3 Å². The predicted molar refractivity (Wildman–Crippen MR) is 66.4 cm³/mol. The number of nitrogens with one attached hydrogen (secondary N) is 1. The Hall–Kier alpha value is -1.88. The number of anilines is 1. The summed E-state index contributed by atoms with van der Waals surface area (Å²) < 4.78 is 1.16. The van der Waals surface area contributed by atoms with Gasteiger partial charge in [0.05, 0.1) is 5.69 Å². The Labute approximate surface area is 96.1 Å². The first-order valence-electron chi connectivity index (χ1n) is 4.89. The van der Waals surface area contributed by atoms with Gasteiger partial charge in [-0.3, -0.25) is 5.10 Å². The van der Waals surface area contributed by atoms with Crippen LogP contribution < -0.4 is 5.73 Å². The lowest BCUT2D eigenvalue weighted by Gasteiger charge is -2.02. The van der Waals surface area contributed by atoms with Crippen molar-refractivity contribution in [2.75, 3.05) is 5.73 Å². The normalized spacial score (nSPS) is 11.1. The minimum absolute atomic E-state index is 0.594. The molecule has 0 aliphatic heterocycles. The maximum atomic E-state index is 5.89. The van der Waals surface area contributed by atoms with E-state index in [0.717, 1.165) is 21.3 Å². The molecule has 0 spiro atoms. The van der Waals surface area contributed by atoms with E-state index < -0.39 is 0 Å². The van der Waals surface area contributed by atoms with E-state index in [-0.39, 0.29) is 0 Å². The zero-order valence-electron chi connectivity index (χ0n) is 8.69. The van der Waals surface area contributed by atoms with E-state index >= 15 is 0 Å². The van der Waals surface area contributed by atoms with Crippen molar-refractivity contribution >= 4 is 27.2 Å².